The van der Waals surface area contributed by atoms with E-state index in [2.05, 4.69) is 97.9 Å². The zero-order valence-electron chi connectivity index (χ0n) is 15.3. The summed E-state index contributed by atoms with van der Waals surface area (Å²) in [7, 11) is -1.58. The van der Waals surface area contributed by atoms with Gasteiger partial charge >= 0.3 is 0 Å². The molecule has 3 aromatic rings. The zero-order valence-corrected chi connectivity index (χ0v) is 18.7. The Bertz CT molecular complexity index is 635. The number of hydrogen-bond donors (Lipinski definition) is 0. The molecule has 0 amide bonds. The summed E-state index contributed by atoms with van der Waals surface area (Å²) in [5.74, 6) is 0. The molecule has 0 aliphatic rings. The summed E-state index contributed by atoms with van der Waals surface area (Å²) in [6.07, 6.45) is 5.09. The first-order valence-corrected chi connectivity index (χ1v) is 10.9. The normalized spacial score (nSPS) is 10.5. The minimum absolute atomic E-state index is 0. The van der Waals surface area contributed by atoms with Crippen molar-refractivity contribution in [3.8, 4) is 0 Å². The molecule has 0 saturated heterocycles. The number of halogens is 2. The third-order valence-corrected chi connectivity index (χ3v) is 9.21. The molecule has 0 saturated carbocycles. The van der Waals surface area contributed by atoms with Crippen LogP contribution in [0.3, 0.4) is 0 Å². The molecule has 138 valence electrons. The first-order chi connectivity index (χ1) is 11.9. The van der Waals surface area contributed by atoms with Gasteiger partial charge in [0.25, 0.3) is 0 Å². The maximum Gasteiger partial charge on any atom is 0.112 e. The fourth-order valence-electron chi connectivity index (χ4n) is 3.48. The lowest BCUT2D eigenvalue weighted by atomic mass is 10.3. The Balaban J connectivity index is 0.00000169. The van der Waals surface area contributed by atoms with E-state index in [1.165, 1.54) is 41.3 Å². The molecule has 0 aromatic heterocycles. The minimum Gasteiger partial charge on any atom is -0.147 e. The molecule has 0 nitrogen and oxygen atoms in total. The molecule has 3 aromatic carbocycles. The summed E-state index contributed by atoms with van der Waals surface area (Å²) in [6, 6.07) is 33.5. The molecule has 0 fully saturated rings. The summed E-state index contributed by atoms with van der Waals surface area (Å²) in [6.45, 7) is 2.29. The molecule has 26 heavy (non-hydrogen) atoms. The number of rotatable bonds is 7. The molecule has 0 aliphatic carbocycles. The largest absolute Gasteiger partial charge is 0.147 e. The third-order valence-electron chi connectivity index (χ3n) is 4.69. The van der Waals surface area contributed by atoms with Gasteiger partial charge in [-0.25, -0.2) is 0 Å². The van der Waals surface area contributed by atoms with E-state index >= 15 is 0 Å². The van der Waals surface area contributed by atoms with Gasteiger partial charge in [0.2, 0.25) is 0 Å². The Morgan fingerprint density at radius 2 is 0.923 bits per heavy atom. The van der Waals surface area contributed by atoms with Crippen LogP contribution in [0.1, 0.15) is 26.2 Å². The van der Waals surface area contributed by atoms with Crippen LogP contribution in [0.15, 0.2) is 91.0 Å². The average Bonchev–Trinajstić information content (AvgIpc) is 2.68. The Labute approximate surface area is 175 Å². The van der Waals surface area contributed by atoms with Gasteiger partial charge in [0.05, 0.1) is 6.16 Å². The molecule has 0 heterocycles. The first kappa shape index (κ1) is 22.9. The van der Waals surface area contributed by atoms with Crippen molar-refractivity contribution in [2.75, 3.05) is 6.16 Å². The number of benzene rings is 3. The second-order valence-corrected chi connectivity index (χ2v) is 9.86. The second kappa shape index (κ2) is 11.5. The fraction of sp³-hybridized carbons (Fsp3) is 0.217. The highest BCUT2D eigenvalue weighted by atomic mass is 79.9. The number of unbranched alkanes of at least 4 members (excludes halogenated alkanes) is 2. The lowest BCUT2D eigenvalue weighted by Crippen LogP contribution is -2.33. The van der Waals surface area contributed by atoms with Crippen LogP contribution in [0.4, 0.5) is 0 Å². The fourth-order valence-corrected chi connectivity index (χ4v) is 7.89. The van der Waals surface area contributed by atoms with E-state index in [9.17, 15) is 0 Å². The zero-order chi connectivity index (χ0) is 16.7. The van der Waals surface area contributed by atoms with Crippen LogP contribution in [0.2, 0.25) is 0 Å². The van der Waals surface area contributed by atoms with E-state index < -0.39 is 7.26 Å². The van der Waals surface area contributed by atoms with E-state index in [4.69, 9.17) is 0 Å². The van der Waals surface area contributed by atoms with Gasteiger partial charge in [-0.3, -0.25) is 0 Å². The van der Waals surface area contributed by atoms with Crippen molar-refractivity contribution >= 4 is 52.6 Å². The van der Waals surface area contributed by atoms with E-state index in [0.29, 0.717) is 0 Å². The minimum atomic E-state index is -1.58. The first-order valence-electron chi connectivity index (χ1n) is 8.93. The summed E-state index contributed by atoms with van der Waals surface area (Å²) >= 11 is 0. The molecular weight excluding hydrogens is 423 g/mol. The van der Waals surface area contributed by atoms with E-state index in [-0.39, 0.29) is 29.4 Å². The average molecular weight is 451 g/mol. The van der Waals surface area contributed by atoms with Crippen molar-refractivity contribution in [3.63, 3.8) is 0 Å². The Kier molecular flexibility index (Phi) is 10.2. The Morgan fingerprint density at radius 1 is 0.577 bits per heavy atom. The van der Waals surface area contributed by atoms with E-state index in [0.717, 1.165) is 0 Å². The quantitative estimate of drug-likeness (QED) is 0.298. The van der Waals surface area contributed by atoms with Crippen LogP contribution in [0.5, 0.6) is 0 Å². The maximum absolute atomic E-state index is 2.33. The van der Waals surface area contributed by atoms with Crippen LogP contribution < -0.4 is 15.9 Å². The molecular formula is C23H28BrClP+. The topological polar surface area (TPSA) is 0 Å². The van der Waals surface area contributed by atoms with Gasteiger partial charge in [0.15, 0.2) is 0 Å². The summed E-state index contributed by atoms with van der Waals surface area (Å²) < 4.78 is 0. The molecule has 3 heteroatoms. The Morgan fingerprint density at radius 3 is 1.23 bits per heavy atom. The molecule has 0 unspecified atom stereocenters. The molecule has 0 atom stereocenters. The van der Waals surface area contributed by atoms with Gasteiger partial charge in [-0.1, -0.05) is 74.4 Å². The molecule has 0 N–H and O–H groups in total. The SMILES string of the molecule is Br.CCCCC[P+](c1ccccc1)(c1ccccc1)c1ccccc1.Cl. The van der Waals surface area contributed by atoms with Gasteiger partial charge in [-0.2, -0.15) is 0 Å². The van der Waals surface area contributed by atoms with E-state index in [1.807, 2.05) is 0 Å². The van der Waals surface area contributed by atoms with Gasteiger partial charge < -0.3 is 0 Å². The molecule has 3 rings (SSSR count). The second-order valence-electron chi connectivity index (χ2n) is 6.25. The van der Waals surface area contributed by atoms with Gasteiger partial charge in [0.1, 0.15) is 23.2 Å². The predicted molar refractivity (Wildman–Crippen MR) is 127 cm³/mol. The molecule has 0 bridgehead atoms. The summed E-state index contributed by atoms with van der Waals surface area (Å²) in [5, 5.41) is 4.50. The number of hydrogen-bond acceptors (Lipinski definition) is 0. The highest BCUT2D eigenvalue weighted by Crippen LogP contribution is 2.55. The predicted octanol–water partition coefficient (Wildman–Crippen LogP) is 6.17. The van der Waals surface area contributed by atoms with Crippen molar-refractivity contribution in [3.05, 3.63) is 91.0 Å². The highest BCUT2D eigenvalue weighted by Gasteiger charge is 2.44. The lowest BCUT2D eigenvalue weighted by Gasteiger charge is -2.27. The molecule has 0 spiro atoms. The van der Waals surface area contributed by atoms with Crippen LogP contribution in [0.25, 0.3) is 0 Å². The van der Waals surface area contributed by atoms with Crippen molar-refractivity contribution < 1.29 is 0 Å². The molecule has 0 radical (unpaired) electrons. The van der Waals surface area contributed by atoms with Crippen LogP contribution in [-0.2, 0) is 0 Å². The van der Waals surface area contributed by atoms with Crippen molar-refractivity contribution in [1.29, 1.82) is 0 Å². The van der Waals surface area contributed by atoms with Crippen LogP contribution in [-0.4, -0.2) is 6.16 Å². The van der Waals surface area contributed by atoms with Gasteiger partial charge in [-0.05, 0) is 42.8 Å². The standard InChI is InChI=1S/C23H26P.BrH.ClH/c1-2-3-13-20-24(21-14-7-4-8-15-21,22-16-9-5-10-17-22)23-18-11-6-12-19-23;;/h4-12,14-19H,2-3,13,20H2,1H3;2*1H/q+1;;. The smallest absolute Gasteiger partial charge is 0.112 e. The maximum atomic E-state index is 2.33. The summed E-state index contributed by atoms with van der Waals surface area (Å²) in [5.41, 5.74) is 0. The van der Waals surface area contributed by atoms with Crippen LogP contribution in [0, 0.1) is 0 Å². The van der Waals surface area contributed by atoms with Crippen LogP contribution >= 0.6 is 36.7 Å². The molecule has 0 aliphatic heterocycles. The monoisotopic (exact) mass is 449 g/mol. The van der Waals surface area contributed by atoms with Gasteiger partial charge in [0, 0.05) is 0 Å². The van der Waals surface area contributed by atoms with Crippen molar-refractivity contribution in [2.24, 2.45) is 0 Å². The lowest BCUT2D eigenvalue weighted by molar-refractivity contribution is 0.776. The van der Waals surface area contributed by atoms with E-state index in [1.54, 1.807) is 0 Å². The third kappa shape index (κ3) is 4.97. The Hall–Kier alpha value is -1.14. The van der Waals surface area contributed by atoms with Gasteiger partial charge in [-0.15, -0.1) is 29.4 Å². The highest BCUT2D eigenvalue weighted by molar-refractivity contribution is 8.93. The summed E-state index contributed by atoms with van der Waals surface area (Å²) in [4.78, 5) is 0. The van der Waals surface area contributed by atoms with Crippen molar-refractivity contribution in [1.82, 2.24) is 0 Å². The van der Waals surface area contributed by atoms with Crippen molar-refractivity contribution in [2.45, 2.75) is 26.2 Å².